The fourth-order valence-electron chi connectivity index (χ4n) is 2.95. The molecular formula is C16H16N4O2. The van der Waals surface area contributed by atoms with Gasteiger partial charge in [0.05, 0.1) is 6.33 Å². The first-order valence-electron chi connectivity index (χ1n) is 7.36. The van der Waals surface area contributed by atoms with E-state index in [0.29, 0.717) is 11.5 Å². The van der Waals surface area contributed by atoms with Crippen LogP contribution in [-0.4, -0.2) is 20.4 Å². The summed E-state index contributed by atoms with van der Waals surface area (Å²) in [7, 11) is 0. The first-order valence-corrected chi connectivity index (χ1v) is 7.36. The van der Waals surface area contributed by atoms with Crippen LogP contribution in [0.15, 0.2) is 35.1 Å². The van der Waals surface area contributed by atoms with Crippen LogP contribution in [0.4, 0.5) is 5.69 Å². The van der Waals surface area contributed by atoms with Crippen LogP contribution in [0.1, 0.15) is 18.0 Å². The van der Waals surface area contributed by atoms with Crippen molar-refractivity contribution >= 4 is 22.7 Å². The smallest absolute Gasteiger partial charge is 0.227 e. The van der Waals surface area contributed by atoms with E-state index >= 15 is 0 Å². The molecule has 4 rings (SSSR count). The summed E-state index contributed by atoms with van der Waals surface area (Å²) in [4.78, 5) is 20.8. The van der Waals surface area contributed by atoms with E-state index in [9.17, 15) is 4.79 Å². The van der Waals surface area contributed by atoms with E-state index in [1.54, 1.807) is 0 Å². The number of oxazole rings is 1. The van der Waals surface area contributed by atoms with Crippen LogP contribution in [0.2, 0.25) is 0 Å². The van der Waals surface area contributed by atoms with Crippen molar-refractivity contribution in [1.29, 1.82) is 0 Å². The van der Waals surface area contributed by atoms with Gasteiger partial charge in [-0.2, -0.15) is 0 Å². The number of aromatic nitrogens is 3. The molecule has 2 aromatic heterocycles. The van der Waals surface area contributed by atoms with E-state index in [1.165, 1.54) is 0 Å². The van der Waals surface area contributed by atoms with Gasteiger partial charge in [0.1, 0.15) is 5.52 Å². The molecule has 3 aromatic rings. The number of carbonyl (C=O) groups is 1. The van der Waals surface area contributed by atoms with Crippen LogP contribution < -0.4 is 5.32 Å². The molecule has 0 spiro atoms. The number of nitrogens with zero attached hydrogens (tertiary/aromatic N) is 3. The zero-order valence-electron chi connectivity index (χ0n) is 12.2. The summed E-state index contributed by atoms with van der Waals surface area (Å²) in [6.45, 7) is 2.65. The standard InChI is InChI=1S/C16H16N4O2/c1-10-18-14-3-2-12(7-15(14)22-10)19-16(21)11-4-5-20-9-17-8-13(20)6-11/h2-3,7-9,11H,4-6H2,1H3,(H,19,21). The number of anilines is 1. The van der Waals surface area contributed by atoms with Gasteiger partial charge in [-0.05, 0) is 18.6 Å². The third-order valence-corrected chi connectivity index (χ3v) is 4.11. The second-order valence-electron chi connectivity index (χ2n) is 5.67. The number of aryl methyl sites for hydroxylation is 2. The minimum absolute atomic E-state index is 0.0173. The Hall–Kier alpha value is -2.63. The van der Waals surface area contributed by atoms with Crippen LogP contribution in [-0.2, 0) is 17.8 Å². The number of imidazole rings is 1. The van der Waals surface area contributed by atoms with Gasteiger partial charge in [-0.25, -0.2) is 9.97 Å². The molecule has 1 unspecified atom stereocenters. The largest absolute Gasteiger partial charge is 0.441 e. The van der Waals surface area contributed by atoms with Gasteiger partial charge in [-0.1, -0.05) is 0 Å². The summed E-state index contributed by atoms with van der Waals surface area (Å²) in [6, 6.07) is 5.53. The summed E-state index contributed by atoms with van der Waals surface area (Å²) in [5, 5.41) is 2.98. The minimum Gasteiger partial charge on any atom is -0.441 e. The maximum atomic E-state index is 12.5. The van der Waals surface area contributed by atoms with Crippen LogP contribution in [0.25, 0.3) is 11.1 Å². The first kappa shape index (κ1) is 13.1. The zero-order chi connectivity index (χ0) is 15.1. The molecule has 1 N–H and O–H groups in total. The highest BCUT2D eigenvalue weighted by molar-refractivity contribution is 5.94. The number of hydrogen-bond acceptors (Lipinski definition) is 4. The second kappa shape index (κ2) is 4.98. The molecule has 3 heterocycles. The lowest BCUT2D eigenvalue weighted by Crippen LogP contribution is -2.29. The number of hydrogen-bond donors (Lipinski definition) is 1. The van der Waals surface area contributed by atoms with E-state index in [-0.39, 0.29) is 11.8 Å². The van der Waals surface area contributed by atoms with E-state index in [2.05, 4.69) is 19.9 Å². The Kier molecular flexibility index (Phi) is 2.96. The van der Waals surface area contributed by atoms with Crippen molar-refractivity contribution in [3.05, 3.63) is 42.3 Å². The Balaban J connectivity index is 1.51. The van der Waals surface area contributed by atoms with Crippen molar-refractivity contribution in [1.82, 2.24) is 14.5 Å². The molecule has 0 radical (unpaired) electrons. The van der Waals surface area contributed by atoms with Crippen molar-refractivity contribution in [2.45, 2.75) is 26.3 Å². The van der Waals surface area contributed by atoms with Crippen LogP contribution >= 0.6 is 0 Å². The third kappa shape index (κ3) is 2.26. The number of nitrogens with one attached hydrogen (secondary N) is 1. The molecule has 0 bridgehead atoms. The van der Waals surface area contributed by atoms with Crippen LogP contribution in [0.3, 0.4) is 0 Å². The van der Waals surface area contributed by atoms with Gasteiger partial charge in [0, 0.05) is 49.5 Å². The molecule has 6 nitrogen and oxygen atoms in total. The number of rotatable bonds is 2. The van der Waals surface area contributed by atoms with Gasteiger partial charge in [-0.15, -0.1) is 0 Å². The minimum atomic E-state index is -0.0173. The number of fused-ring (bicyclic) bond motifs is 2. The molecule has 0 fully saturated rings. The van der Waals surface area contributed by atoms with Gasteiger partial charge in [0.2, 0.25) is 5.91 Å². The first-order chi connectivity index (χ1) is 10.7. The van der Waals surface area contributed by atoms with E-state index in [4.69, 9.17) is 4.42 Å². The molecule has 0 saturated carbocycles. The van der Waals surface area contributed by atoms with Crippen molar-refractivity contribution in [2.24, 2.45) is 5.92 Å². The summed E-state index contributed by atoms with van der Waals surface area (Å²) >= 11 is 0. The molecule has 1 aromatic carbocycles. The molecule has 6 heteroatoms. The average Bonchev–Trinajstić information content (AvgIpc) is 3.10. The Morgan fingerprint density at radius 2 is 2.36 bits per heavy atom. The zero-order valence-corrected chi connectivity index (χ0v) is 12.2. The van der Waals surface area contributed by atoms with Gasteiger partial charge in [-0.3, -0.25) is 4.79 Å². The van der Waals surface area contributed by atoms with Gasteiger partial charge in [0.15, 0.2) is 11.5 Å². The number of carbonyl (C=O) groups excluding carboxylic acids is 1. The van der Waals surface area contributed by atoms with Gasteiger partial charge >= 0.3 is 0 Å². The molecule has 1 aliphatic heterocycles. The number of benzene rings is 1. The highest BCUT2D eigenvalue weighted by Gasteiger charge is 2.24. The lowest BCUT2D eigenvalue weighted by atomic mass is 9.95. The number of amides is 1. The fourth-order valence-corrected chi connectivity index (χ4v) is 2.95. The van der Waals surface area contributed by atoms with E-state index < -0.39 is 0 Å². The molecule has 0 aliphatic carbocycles. The lowest BCUT2D eigenvalue weighted by molar-refractivity contribution is -0.120. The highest BCUT2D eigenvalue weighted by Crippen LogP contribution is 2.23. The molecule has 1 atom stereocenters. The summed E-state index contributed by atoms with van der Waals surface area (Å²) in [5.74, 6) is 0.651. The van der Waals surface area contributed by atoms with Crippen molar-refractivity contribution in [3.8, 4) is 0 Å². The Morgan fingerprint density at radius 1 is 1.45 bits per heavy atom. The summed E-state index contributed by atoms with van der Waals surface area (Å²) in [6.07, 6.45) is 5.22. The summed E-state index contributed by atoms with van der Waals surface area (Å²) in [5.41, 5.74) is 3.36. The molecular weight excluding hydrogens is 280 g/mol. The second-order valence-corrected chi connectivity index (χ2v) is 5.67. The molecule has 22 heavy (non-hydrogen) atoms. The van der Waals surface area contributed by atoms with Crippen molar-refractivity contribution in [3.63, 3.8) is 0 Å². The summed E-state index contributed by atoms with van der Waals surface area (Å²) < 4.78 is 7.60. The molecule has 112 valence electrons. The quantitative estimate of drug-likeness (QED) is 0.788. The topological polar surface area (TPSA) is 73.0 Å². The predicted octanol–water partition coefficient (Wildman–Crippen LogP) is 2.53. The Bertz CT molecular complexity index is 849. The fraction of sp³-hybridized carbons (Fsp3) is 0.312. The molecule has 1 aliphatic rings. The Morgan fingerprint density at radius 3 is 3.27 bits per heavy atom. The van der Waals surface area contributed by atoms with E-state index in [0.717, 1.165) is 36.3 Å². The molecule has 1 amide bonds. The van der Waals surface area contributed by atoms with Crippen LogP contribution in [0, 0.1) is 12.8 Å². The predicted molar refractivity (Wildman–Crippen MR) is 81.4 cm³/mol. The normalized spacial score (nSPS) is 17.4. The van der Waals surface area contributed by atoms with Gasteiger partial charge < -0.3 is 14.3 Å². The molecule has 0 saturated heterocycles. The van der Waals surface area contributed by atoms with Crippen molar-refractivity contribution < 1.29 is 9.21 Å². The average molecular weight is 296 g/mol. The van der Waals surface area contributed by atoms with Gasteiger partial charge in [0.25, 0.3) is 0 Å². The third-order valence-electron chi connectivity index (χ3n) is 4.11. The highest BCUT2D eigenvalue weighted by atomic mass is 16.3. The lowest BCUT2D eigenvalue weighted by Gasteiger charge is -2.22. The monoisotopic (exact) mass is 296 g/mol. The van der Waals surface area contributed by atoms with Crippen molar-refractivity contribution in [2.75, 3.05) is 5.32 Å². The van der Waals surface area contributed by atoms with Crippen LogP contribution in [0.5, 0.6) is 0 Å². The SMILES string of the molecule is Cc1nc2ccc(NC(=O)C3CCn4cncc4C3)cc2o1. The maximum Gasteiger partial charge on any atom is 0.227 e. The maximum absolute atomic E-state index is 12.5. The Labute approximate surface area is 127 Å². The van der Waals surface area contributed by atoms with E-state index in [1.807, 2.05) is 37.6 Å².